The van der Waals surface area contributed by atoms with E-state index in [2.05, 4.69) is 4.98 Å². The summed E-state index contributed by atoms with van der Waals surface area (Å²) in [5, 5.41) is 1.35. The first-order valence-electron chi connectivity index (χ1n) is 5.40. The lowest BCUT2D eigenvalue weighted by atomic mass is 10.2. The van der Waals surface area contributed by atoms with Gasteiger partial charge in [0.05, 0.1) is 10.7 Å². The number of aryl methyl sites for hydroxylation is 2. The highest BCUT2D eigenvalue weighted by Crippen LogP contribution is 2.26. The van der Waals surface area contributed by atoms with Crippen LogP contribution in [0, 0.1) is 13.8 Å². The van der Waals surface area contributed by atoms with Crippen molar-refractivity contribution in [2.45, 2.75) is 20.5 Å². The van der Waals surface area contributed by atoms with E-state index in [1.54, 1.807) is 29.5 Å². The molecule has 1 aromatic carbocycles. The van der Waals surface area contributed by atoms with Crippen LogP contribution in [-0.4, -0.2) is 11.3 Å². The molecule has 0 bridgehead atoms. The molecule has 0 atom stereocenters. The molecule has 0 amide bonds. The van der Waals surface area contributed by atoms with Crippen LogP contribution in [0.3, 0.4) is 0 Å². The number of carbonyl (C=O) groups is 1. The molecule has 0 spiro atoms. The van der Waals surface area contributed by atoms with Crippen LogP contribution in [0.25, 0.3) is 0 Å². The van der Waals surface area contributed by atoms with Crippen molar-refractivity contribution in [2.24, 2.45) is 0 Å². The van der Waals surface area contributed by atoms with Gasteiger partial charge in [-0.2, -0.15) is 0 Å². The van der Waals surface area contributed by atoms with Crippen LogP contribution in [0.1, 0.15) is 25.9 Å². The second kappa shape index (κ2) is 5.50. The topological polar surface area (TPSA) is 39.2 Å². The van der Waals surface area contributed by atoms with Crippen molar-refractivity contribution in [1.29, 1.82) is 0 Å². The van der Waals surface area contributed by atoms with Gasteiger partial charge in [-0.25, -0.2) is 4.98 Å². The van der Waals surface area contributed by atoms with Crippen LogP contribution < -0.4 is 4.74 Å². The fourth-order valence-electron chi connectivity index (χ4n) is 1.45. The van der Waals surface area contributed by atoms with Crippen molar-refractivity contribution in [1.82, 2.24) is 4.98 Å². The van der Waals surface area contributed by atoms with Crippen LogP contribution in [0.5, 0.6) is 5.75 Å². The Labute approximate surface area is 114 Å². The molecule has 2 rings (SSSR count). The third kappa shape index (κ3) is 2.89. The SMILES string of the molecule is Cc1nc(COc2ccc(C=O)cc2Cl)sc1C. The van der Waals surface area contributed by atoms with Crippen molar-refractivity contribution >= 4 is 29.2 Å². The number of ether oxygens (including phenoxy) is 1. The number of carbonyl (C=O) groups excluding carboxylic acids is 1. The predicted octanol–water partition coefficient (Wildman–Crippen LogP) is 3.80. The number of nitrogens with zero attached hydrogens (tertiary/aromatic N) is 1. The average molecular weight is 282 g/mol. The minimum Gasteiger partial charge on any atom is -0.485 e. The molecule has 0 aliphatic carbocycles. The first-order chi connectivity index (χ1) is 8.60. The first kappa shape index (κ1) is 13.1. The van der Waals surface area contributed by atoms with Gasteiger partial charge in [0.2, 0.25) is 0 Å². The number of benzene rings is 1. The lowest BCUT2D eigenvalue weighted by molar-refractivity contribution is 0.112. The quantitative estimate of drug-likeness (QED) is 0.800. The van der Waals surface area contributed by atoms with E-state index in [-0.39, 0.29) is 0 Å². The Bertz CT molecular complexity index is 561. The average Bonchev–Trinajstić information content (AvgIpc) is 2.67. The maximum atomic E-state index is 10.6. The predicted molar refractivity (Wildman–Crippen MR) is 72.8 cm³/mol. The van der Waals surface area contributed by atoms with E-state index in [0.29, 0.717) is 22.9 Å². The van der Waals surface area contributed by atoms with Gasteiger partial charge in [0.25, 0.3) is 0 Å². The third-order valence-corrected chi connectivity index (χ3v) is 3.86. The Kier molecular flexibility index (Phi) is 3.99. The van der Waals surface area contributed by atoms with Gasteiger partial charge >= 0.3 is 0 Å². The molecular weight excluding hydrogens is 270 g/mol. The summed E-state index contributed by atoms with van der Waals surface area (Å²) < 4.78 is 5.59. The zero-order valence-electron chi connectivity index (χ0n) is 10.1. The normalized spacial score (nSPS) is 10.4. The van der Waals surface area contributed by atoms with Crippen LogP contribution >= 0.6 is 22.9 Å². The lowest BCUT2D eigenvalue weighted by Crippen LogP contribution is -1.96. The van der Waals surface area contributed by atoms with Gasteiger partial charge in [-0.05, 0) is 32.0 Å². The highest BCUT2D eigenvalue weighted by molar-refractivity contribution is 7.11. The summed E-state index contributed by atoms with van der Waals surface area (Å²) in [5.41, 5.74) is 1.56. The summed E-state index contributed by atoms with van der Waals surface area (Å²) in [6, 6.07) is 4.95. The third-order valence-electron chi connectivity index (χ3n) is 2.52. The number of rotatable bonds is 4. The number of aromatic nitrogens is 1. The molecule has 3 nitrogen and oxygen atoms in total. The maximum Gasteiger partial charge on any atom is 0.150 e. The van der Waals surface area contributed by atoms with Crippen LogP contribution in [0.2, 0.25) is 5.02 Å². The van der Waals surface area contributed by atoms with Gasteiger partial charge in [0.1, 0.15) is 23.7 Å². The number of hydrogen-bond acceptors (Lipinski definition) is 4. The number of halogens is 1. The summed E-state index contributed by atoms with van der Waals surface area (Å²) in [5.74, 6) is 0.563. The number of hydrogen-bond donors (Lipinski definition) is 0. The van der Waals surface area contributed by atoms with Gasteiger partial charge in [0, 0.05) is 10.4 Å². The van der Waals surface area contributed by atoms with E-state index in [1.807, 2.05) is 13.8 Å². The zero-order chi connectivity index (χ0) is 13.1. The van der Waals surface area contributed by atoms with Crippen LogP contribution in [0.15, 0.2) is 18.2 Å². The Morgan fingerprint density at radius 1 is 1.44 bits per heavy atom. The molecule has 1 heterocycles. The second-order valence-corrected chi connectivity index (χ2v) is 5.54. The molecule has 0 aliphatic heterocycles. The maximum absolute atomic E-state index is 10.6. The summed E-state index contributed by atoms with van der Waals surface area (Å²) >= 11 is 7.62. The molecule has 0 unspecified atom stereocenters. The Balaban J connectivity index is 2.08. The van der Waals surface area contributed by atoms with Crippen LogP contribution in [-0.2, 0) is 6.61 Å². The summed E-state index contributed by atoms with van der Waals surface area (Å²) in [4.78, 5) is 16.2. The van der Waals surface area contributed by atoms with E-state index in [9.17, 15) is 4.79 Å². The molecule has 94 valence electrons. The molecule has 0 N–H and O–H groups in total. The molecule has 0 fully saturated rings. The van der Waals surface area contributed by atoms with Gasteiger partial charge in [-0.1, -0.05) is 11.6 Å². The number of aldehydes is 1. The molecule has 5 heteroatoms. The van der Waals surface area contributed by atoms with Crippen molar-refractivity contribution in [3.63, 3.8) is 0 Å². The molecule has 0 saturated carbocycles. The molecule has 0 aliphatic rings. The smallest absolute Gasteiger partial charge is 0.150 e. The van der Waals surface area contributed by atoms with Crippen LogP contribution in [0.4, 0.5) is 0 Å². The first-order valence-corrected chi connectivity index (χ1v) is 6.60. The largest absolute Gasteiger partial charge is 0.485 e. The fourth-order valence-corrected chi connectivity index (χ4v) is 2.54. The van der Waals surface area contributed by atoms with Gasteiger partial charge in [-0.3, -0.25) is 4.79 Å². The molecule has 18 heavy (non-hydrogen) atoms. The van der Waals surface area contributed by atoms with Crippen molar-refractivity contribution in [3.8, 4) is 5.75 Å². The molecule has 0 radical (unpaired) electrons. The number of thiazole rings is 1. The monoisotopic (exact) mass is 281 g/mol. The van der Waals surface area contributed by atoms with Gasteiger partial charge < -0.3 is 4.74 Å². The minimum absolute atomic E-state index is 0.388. The van der Waals surface area contributed by atoms with E-state index < -0.39 is 0 Å². The van der Waals surface area contributed by atoms with Crippen molar-refractivity contribution in [3.05, 3.63) is 44.4 Å². The molecule has 2 aromatic rings. The summed E-state index contributed by atoms with van der Waals surface area (Å²) in [6.45, 7) is 4.39. The highest BCUT2D eigenvalue weighted by Gasteiger charge is 2.07. The Hall–Kier alpha value is -1.39. The van der Waals surface area contributed by atoms with E-state index in [4.69, 9.17) is 16.3 Å². The van der Waals surface area contributed by atoms with E-state index in [0.717, 1.165) is 17.0 Å². The standard InChI is InChI=1S/C13H12ClNO2S/c1-8-9(2)18-13(15-8)7-17-12-4-3-10(6-16)5-11(12)14/h3-6H,7H2,1-2H3. The summed E-state index contributed by atoms with van der Waals surface area (Å²) in [6.07, 6.45) is 0.753. The molecular formula is C13H12ClNO2S. The Morgan fingerprint density at radius 3 is 2.78 bits per heavy atom. The summed E-state index contributed by atoms with van der Waals surface area (Å²) in [7, 11) is 0. The van der Waals surface area contributed by atoms with Gasteiger partial charge in [0.15, 0.2) is 0 Å². The molecule has 1 aromatic heterocycles. The zero-order valence-corrected chi connectivity index (χ0v) is 11.6. The lowest BCUT2D eigenvalue weighted by Gasteiger charge is -2.06. The van der Waals surface area contributed by atoms with Crippen molar-refractivity contribution in [2.75, 3.05) is 0 Å². The minimum atomic E-state index is 0.388. The van der Waals surface area contributed by atoms with E-state index in [1.165, 1.54) is 4.88 Å². The molecule has 0 saturated heterocycles. The fraction of sp³-hybridized carbons (Fsp3) is 0.231. The second-order valence-electron chi connectivity index (χ2n) is 3.85. The highest BCUT2D eigenvalue weighted by atomic mass is 35.5. The Morgan fingerprint density at radius 2 is 2.22 bits per heavy atom. The van der Waals surface area contributed by atoms with Gasteiger partial charge in [-0.15, -0.1) is 11.3 Å². The van der Waals surface area contributed by atoms with E-state index >= 15 is 0 Å². The van der Waals surface area contributed by atoms with Crippen molar-refractivity contribution < 1.29 is 9.53 Å².